The van der Waals surface area contributed by atoms with Gasteiger partial charge in [0.25, 0.3) is 0 Å². The van der Waals surface area contributed by atoms with Gasteiger partial charge < -0.3 is 5.73 Å². The zero-order chi connectivity index (χ0) is 8.43. The van der Waals surface area contributed by atoms with Crippen molar-refractivity contribution in [2.24, 2.45) is 0 Å². The van der Waals surface area contributed by atoms with Crippen LogP contribution in [0.4, 0.5) is 5.95 Å². The monoisotopic (exact) mass is 169 g/mol. The van der Waals surface area contributed by atoms with Crippen molar-refractivity contribution < 1.29 is 0 Å². The largest absolute Gasteiger partial charge is 0.368 e. The molecule has 0 saturated heterocycles. The SMILES string of the molecule is CSc1nc(N)nc(C)c1C. The molecule has 0 atom stereocenters. The van der Waals surface area contributed by atoms with Gasteiger partial charge in [-0.05, 0) is 20.1 Å². The minimum absolute atomic E-state index is 0.359. The molecule has 0 amide bonds. The van der Waals surface area contributed by atoms with Gasteiger partial charge in [-0.1, -0.05) is 0 Å². The van der Waals surface area contributed by atoms with Gasteiger partial charge in [0.2, 0.25) is 5.95 Å². The molecule has 4 heteroatoms. The molecule has 1 aromatic rings. The van der Waals surface area contributed by atoms with Crippen LogP contribution in [0.2, 0.25) is 0 Å². The summed E-state index contributed by atoms with van der Waals surface area (Å²) in [4.78, 5) is 8.12. The Bertz CT molecular complexity index is 273. The lowest BCUT2D eigenvalue weighted by Crippen LogP contribution is -2.00. The molecule has 0 aromatic carbocycles. The van der Waals surface area contributed by atoms with Crippen LogP contribution in [-0.4, -0.2) is 16.2 Å². The maximum atomic E-state index is 5.47. The summed E-state index contributed by atoms with van der Waals surface area (Å²) < 4.78 is 0. The standard InChI is InChI=1S/C7H11N3S/c1-4-5(2)9-7(8)10-6(4)11-3/h1-3H3,(H2,8,9,10). The van der Waals surface area contributed by atoms with Crippen LogP contribution in [0, 0.1) is 13.8 Å². The van der Waals surface area contributed by atoms with Crippen molar-refractivity contribution in [1.82, 2.24) is 9.97 Å². The molecule has 0 aliphatic carbocycles. The first kappa shape index (κ1) is 8.33. The molecule has 0 bridgehead atoms. The second-order valence-electron chi connectivity index (χ2n) is 2.30. The van der Waals surface area contributed by atoms with Gasteiger partial charge in [0, 0.05) is 11.3 Å². The summed E-state index contributed by atoms with van der Waals surface area (Å²) in [5, 5.41) is 0.968. The van der Waals surface area contributed by atoms with Crippen LogP contribution in [0.1, 0.15) is 11.3 Å². The molecule has 2 N–H and O–H groups in total. The van der Waals surface area contributed by atoms with Gasteiger partial charge in [0.15, 0.2) is 0 Å². The predicted octanol–water partition coefficient (Wildman–Crippen LogP) is 1.40. The minimum atomic E-state index is 0.359. The summed E-state index contributed by atoms with van der Waals surface area (Å²) in [6.45, 7) is 3.94. The lowest BCUT2D eigenvalue weighted by atomic mass is 10.3. The number of rotatable bonds is 1. The molecule has 0 radical (unpaired) electrons. The summed E-state index contributed by atoms with van der Waals surface area (Å²) >= 11 is 1.59. The molecule has 0 spiro atoms. The number of nitrogens with zero attached hydrogens (tertiary/aromatic N) is 2. The quantitative estimate of drug-likeness (QED) is 0.510. The van der Waals surface area contributed by atoms with E-state index in [1.807, 2.05) is 20.1 Å². The van der Waals surface area contributed by atoms with E-state index in [0.29, 0.717) is 5.95 Å². The third-order valence-corrected chi connectivity index (χ3v) is 2.34. The van der Waals surface area contributed by atoms with Crippen molar-refractivity contribution in [3.8, 4) is 0 Å². The molecular formula is C7H11N3S. The second kappa shape index (κ2) is 3.09. The number of nitrogens with two attached hydrogens (primary N) is 1. The smallest absolute Gasteiger partial charge is 0.221 e. The molecule has 3 nitrogen and oxygen atoms in total. The molecule has 60 valence electrons. The highest BCUT2D eigenvalue weighted by atomic mass is 32.2. The van der Waals surface area contributed by atoms with Gasteiger partial charge in [0.05, 0.1) is 0 Å². The van der Waals surface area contributed by atoms with Crippen LogP contribution in [0.25, 0.3) is 0 Å². The average molecular weight is 169 g/mol. The summed E-state index contributed by atoms with van der Waals surface area (Å²) in [7, 11) is 0. The van der Waals surface area contributed by atoms with Crippen LogP contribution in [0.5, 0.6) is 0 Å². The van der Waals surface area contributed by atoms with Crippen molar-refractivity contribution in [3.05, 3.63) is 11.3 Å². The van der Waals surface area contributed by atoms with Crippen molar-refractivity contribution in [3.63, 3.8) is 0 Å². The molecular weight excluding hydrogens is 158 g/mol. The van der Waals surface area contributed by atoms with Crippen molar-refractivity contribution in [1.29, 1.82) is 0 Å². The van der Waals surface area contributed by atoms with Crippen LogP contribution in [-0.2, 0) is 0 Å². The molecule has 0 saturated carbocycles. The van der Waals surface area contributed by atoms with E-state index in [1.165, 1.54) is 0 Å². The Kier molecular flexibility index (Phi) is 2.34. The highest BCUT2D eigenvalue weighted by Gasteiger charge is 2.03. The number of anilines is 1. The van der Waals surface area contributed by atoms with E-state index in [0.717, 1.165) is 16.3 Å². The van der Waals surface area contributed by atoms with E-state index >= 15 is 0 Å². The molecule has 0 fully saturated rings. The highest BCUT2D eigenvalue weighted by Crippen LogP contribution is 2.19. The van der Waals surface area contributed by atoms with E-state index in [4.69, 9.17) is 5.73 Å². The minimum Gasteiger partial charge on any atom is -0.368 e. The fourth-order valence-electron chi connectivity index (χ4n) is 0.822. The first-order valence-corrected chi connectivity index (χ1v) is 4.52. The third-order valence-electron chi connectivity index (χ3n) is 1.56. The number of nitrogen functional groups attached to an aromatic ring is 1. The van der Waals surface area contributed by atoms with Gasteiger partial charge in [-0.3, -0.25) is 0 Å². The Morgan fingerprint density at radius 3 is 2.45 bits per heavy atom. The van der Waals surface area contributed by atoms with E-state index in [-0.39, 0.29) is 0 Å². The summed E-state index contributed by atoms with van der Waals surface area (Å²) in [5.41, 5.74) is 7.55. The summed E-state index contributed by atoms with van der Waals surface area (Å²) in [5.74, 6) is 0.359. The van der Waals surface area contributed by atoms with Crippen LogP contribution in [0.3, 0.4) is 0 Å². The van der Waals surface area contributed by atoms with E-state index in [9.17, 15) is 0 Å². The van der Waals surface area contributed by atoms with Gasteiger partial charge >= 0.3 is 0 Å². The summed E-state index contributed by atoms with van der Waals surface area (Å²) in [6, 6.07) is 0. The van der Waals surface area contributed by atoms with Crippen molar-refractivity contribution in [2.75, 3.05) is 12.0 Å². The van der Waals surface area contributed by atoms with Crippen molar-refractivity contribution in [2.45, 2.75) is 18.9 Å². The summed E-state index contributed by atoms with van der Waals surface area (Å²) in [6.07, 6.45) is 1.98. The molecule has 1 rings (SSSR count). The van der Waals surface area contributed by atoms with Gasteiger partial charge in [-0.2, -0.15) is 0 Å². The van der Waals surface area contributed by atoms with E-state index < -0.39 is 0 Å². The Labute approximate surface area is 70.4 Å². The molecule has 1 heterocycles. The van der Waals surface area contributed by atoms with E-state index in [1.54, 1.807) is 11.8 Å². The first-order valence-electron chi connectivity index (χ1n) is 3.30. The fraction of sp³-hybridized carbons (Fsp3) is 0.429. The zero-order valence-electron chi connectivity index (χ0n) is 6.88. The van der Waals surface area contributed by atoms with Gasteiger partial charge in [-0.25, -0.2) is 9.97 Å². The average Bonchev–Trinajstić information content (AvgIpc) is 1.96. The first-order chi connectivity index (χ1) is 5.15. The Morgan fingerprint density at radius 1 is 1.27 bits per heavy atom. The molecule has 0 aliphatic heterocycles. The van der Waals surface area contributed by atoms with Gasteiger partial charge in [0.1, 0.15) is 5.03 Å². The highest BCUT2D eigenvalue weighted by molar-refractivity contribution is 7.98. The maximum Gasteiger partial charge on any atom is 0.221 e. The van der Waals surface area contributed by atoms with E-state index in [2.05, 4.69) is 9.97 Å². The number of hydrogen-bond donors (Lipinski definition) is 1. The number of hydrogen-bond acceptors (Lipinski definition) is 4. The third kappa shape index (κ3) is 1.63. The normalized spacial score (nSPS) is 10.1. The zero-order valence-corrected chi connectivity index (χ0v) is 7.70. The lowest BCUT2D eigenvalue weighted by Gasteiger charge is -2.04. The van der Waals surface area contributed by atoms with Crippen LogP contribution >= 0.6 is 11.8 Å². The van der Waals surface area contributed by atoms with Crippen LogP contribution in [0.15, 0.2) is 5.03 Å². The predicted molar refractivity (Wildman–Crippen MR) is 47.7 cm³/mol. The lowest BCUT2D eigenvalue weighted by molar-refractivity contribution is 0.980. The topological polar surface area (TPSA) is 51.8 Å². The molecule has 0 aliphatic rings. The Morgan fingerprint density at radius 2 is 1.91 bits per heavy atom. The number of aryl methyl sites for hydroxylation is 1. The Balaban J connectivity index is 3.24. The second-order valence-corrected chi connectivity index (χ2v) is 3.10. The molecule has 0 unspecified atom stereocenters. The van der Waals surface area contributed by atoms with Gasteiger partial charge in [-0.15, -0.1) is 11.8 Å². The Hall–Kier alpha value is -0.770. The fourth-order valence-corrected chi connectivity index (χ4v) is 1.46. The number of thioether (sulfide) groups is 1. The molecule has 11 heavy (non-hydrogen) atoms. The van der Waals surface area contributed by atoms with Crippen LogP contribution < -0.4 is 5.73 Å². The maximum absolute atomic E-state index is 5.47. The van der Waals surface area contributed by atoms with Crippen molar-refractivity contribution >= 4 is 17.7 Å². The number of aromatic nitrogens is 2. The molecule has 1 aromatic heterocycles.